The summed E-state index contributed by atoms with van der Waals surface area (Å²) in [6.45, 7) is 4.15. The largest absolute Gasteiger partial charge is 0.484 e. The van der Waals surface area contributed by atoms with E-state index in [0.717, 1.165) is 4.47 Å². The van der Waals surface area contributed by atoms with E-state index < -0.39 is 0 Å². The highest BCUT2D eigenvalue weighted by molar-refractivity contribution is 9.10. The molecular formula is C13H16BrNO3. The lowest BCUT2D eigenvalue weighted by Crippen LogP contribution is -2.37. The third-order valence-corrected chi connectivity index (χ3v) is 2.78. The summed E-state index contributed by atoms with van der Waals surface area (Å²) in [6, 6.07) is 7.24. The smallest absolute Gasteiger partial charge is 0.260 e. The average Bonchev–Trinajstić information content (AvgIpc) is 2.37. The Morgan fingerprint density at radius 3 is 2.67 bits per heavy atom. The van der Waals surface area contributed by atoms with Gasteiger partial charge in [0.1, 0.15) is 5.75 Å². The Morgan fingerprint density at radius 1 is 1.44 bits per heavy atom. The molecule has 0 aliphatic heterocycles. The van der Waals surface area contributed by atoms with Gasteiger partial charge in [-0.1, -0.05) is 22.0 Å². The third-order valence-electron chi connectivity index (χ3n) is 2.25. The number of aliphatic hydroxyl groups is 1. The van der Waals surface area contributed by atoms with Crippen molar-refractivity contribution in [2.75, 3.05) is 26.3 Å². The summed E-state index contributed by atoms with van der Waals surface area (Å²) in [5.41, 5.74) is 0. The molecule has 18 heavy (non-hydrogen) atoms. The minimum atomic E-state index is -0.174. The van der Waals surface area contributed by atoms with Gasteiger partial charge < -0.3 is 14.7 Å². The van der Waals surface area contributed by atoms with E-state index in [4.69, 9.17) is 9.84 Å². The van der Waals surface area contributed by atoms with Crippen LogP contribution < -0.4 is 4.74 Å². The molecule has 0 saturated carbocycles. The van der Waals surface area contributed by atoms with E-state index in [9.17, 15) is 4.79 Å². The molecule has 1 aromatic rings. The number of hydrogen-bond donors (Lipinski definition) is 1. The Bertz CT molecular complexity index is 392. The maximum Gasteiger partial charge on any atom is 0.260 e. The molecule has 4 nitrogen and oxygen atoms in total. The molecule has 0 saturated heterocycles. The molecule has 0 spiro atoms. The molecule has 0 bridgehead atoms. The fourth-order valence-electron chi connectivity index (χ4n) is 1.36. The van der Waals surface area contributed by atoms with Crippen LogP contribution in [0.5, 0.6) is 5.75 Å². The summed E-state index contributed by atoms with van der Waals surface area (Å²) in [5, 5.41) is 8.85. The number of carbonyl (C=O) groups is 1. The first kappa shape index (κ1) is 14.7. The second-order valence-electron chi connectivity index (χ2n) is 3.59. The summed E-state index contributed by atoms with van der Waals surface area (Å²) >= 11 is 3.32. The van der Waals surface area contributed by atoms with Crippen LogP contribution in [-0.4, -0.2) is 42.2 Å². The molecule has 1 rings (SSSR count). The number of carbonyl (C=O) groups excluding carboxylic acids is 1. The van der Waals surface area contributed by atoms with Gasteiger partial charge in [0, 0.05) is 17.6 Å². The van der Waals surface area contributed by atoms with Gasteiger partial charge in [0.2, 0.25) is 0 Å². The number of aliphatic hydroxyl groups excluding tert-OH is 1. The first-order chi connectivity index (χ1) is 8.67. The number of nitrogens with zero attached hydrogens (tertiary/aromatic N) is 1. The van der Waals surface area contributed by atoms with Gasteiger partial charge in [-0.2, -0.15) is 0 Å². The van der Waals surface area contributed by atoms with E-state index in [1.54, 1.807) is 18.2 Å². The molecule has 0 atom stereocenters. The Balaban J connectivity index is 2.47. The van der Waals surface area contributed by atoms with Crippen molar-refractivity contribution in [3.63, 3.8) is 0 Å². The van der Waals surface area contributed by atoms with Gasteiger partial charge in [-0.15, -0.1) is 6.58 Å². The van der Waals surface area contributed by atoms with Crippen LogP contribution in [0.3, 0.4) is 0 Å². The first-order valence-electron chi connectivity index (χ1n) is 5.55. The van der Waals surface area contributed by atoms with Crippen molar-refractivity contribution < 1.29 is 14.6 Å². The Kier molecular flexibility index (Phi) is 6.46. The van der Waals surface area contributed by atoms with E-state index in [0.29, 0.717) is 12.3 Å². The lowest BCUT2D eigenvalue weighted by atomic mass is 10.3. The van der Waals surface area contributed by atoms with Gasteiger partial charge >= 0.3 is 0 Å². The summed E-state index contributed by atoms with van der Waals surface area (Å²) in [5.74, 6) is 0.459. The lowest BCUT2D eigenvalue weighted by Gasteiger charge is -2.19. The van der Waals surface area contributed by atoms with Crippen molar-refractivity contribution in [3.8, 4) is 5.75 Å². The predicted molar refractivity (Wildman–Crippen MR) is 73.5 cm³/mol. The van der Waals surface area contributed by atoms with Crippen LogP contribution in [0.15, 0.2) is 41.4 Å². The van der Waals surface area contributed by atoms with Gasteiger partial charge in [-0.25, -0.2) is 0 Å². The van der Waals surface area contributed by atoms with Crippen LogP contribution in [-0.2, 0) is 4.79 Å². The molecule has 5 heteroatoms. The van der Waals surface area contributed by atoms with Crippen molar-refractivity contribution >= 4 is 21.8 Å². The highest BCUT2D eigenvalue weighted by Crippen LogP contribution is 2.16. The fraction of sp³-hybridized carbons (Fsp3) is 0.308. The van der Waals surface area contributed by atoms with Gasteiger partial charge in [0.15, 0.2) is 6.61 Å². The highest BCUT2D eigenvalue weighted by atomic mass is 79.9. The van der Waals surface area contributed by atoms with E-state index in [-0.39, 0.29) is 25.7 Å². The summed E-state index contributed by atoms with van der Waals surface area (Å²) in [6.07, 6.45) is 1.62. The lowest BCUT2D eigenvalue weighted by molar-refractivity contribution is -0.133. The molecule has 0 aromatic heterocycles. The minimum Gasteiger partial charge on any atom is -0.484 e. The highest BCUT2D eigenvalue weighted by Gasteiger charge is 2.11. The van der Waals surface area contributed by atoms with E-state index in [2.05, 4.69) is 22.5 Å². The van der Waals surface area contributed by atoms with Crippen molar-refractivity contribution in [2.45, 2.75) is 0 Å². The zero-order chi connectivity index (χ0) is 13.4. The van der Waals surface area contributed by atoms with E-state index >= 15 is 0 Å². The number of amides is 1. The Hall–Kier alpha value is -1.33. The SMILES string of the molecule is C=CCN(CCO)C(=O)COc1ccc(Br)cc1. The molecule has 0 radical (unpaired) electrons. The third kappa shape index (κ3) is 4.89. The van der Waals surface area contributed by atoms with Gasteiger partial charge in [0.05, 0.1) is 6.61 Å². The topological polar surface area (TPSA) is 49.8 Å². The fourth-order valence-corrected chi connectivity index (χ4v) is 1.63. The molecule has 0 aliphatic rings. The maximum atomic E-state index is 11.8. The second-order valence-corrected chi connectivity index (χ2v) is 4.51. The van der Waals surface area contributed by atoms with Crippen LogP contribution in [0, 0.1) is 0 Å². The molecule has 0 fully saturated rings. The maximum absolute atomic E-state index is 11.8. The molecule has 1 N–H and O–H groups in total. The molecule has 1 amide bonds. The van der Waals surface area contributed by atoms with Gasteiger partial charge in [-0.3, -0.25) is 4.79 Å². The quantitative estimate of drug-likeness (QED) is 0.781. The number of hydrogen-bond acceptors (Lipinski definition) is 3. The van der Waals surface area contributed by atoms with Gasteiger partial charge in [0.25, 0.3) is 5.91 Å². The minimum absolute atomic E-state index is 0.0462. The molecular weight excluding hydrogens is 298 g/mol. The number of halogens is 1. The van der Waals surface area contributed by atoms with Crippen molar-refractivity contribution in [1.29, 1.82) is 0 Å². The van der Waals surface area contributed by atoms with Crippen LogP contribution in [0.2, 0.25) is 0 Å². The zero-order valence-electron chi connectivity index (χ0n) is 10.0. The normalized spacial score (nSPS) is 9.89. The molecule has 0 heterocycles. The van der Waals surface area contributed by atoms with Crippen LogP contribution in [0.4, 0.5) is 0 Å². The summed E-state index contributed by atoms with van der Waals surface area (Å²) in [7, 11) is 0. The molecule has 98 valence electrons. The number of rotatable bonds is 7. The molecule has 0 unspecified atom stereocenters. The summed E-state index contributed by atoms with van der Waals surface area (Å²) < 4.78 is 6.32. The van der Waals surface area contributed by atoms with Gasteiger partial charge in [-0.05, 0) is 24.3 Å². The van der Waals surface area contributed by atoms with Crippen molar-refractivity contribution in [2.24, 2.45) is 0 Å². The zero-order valence-corrected chi connectivity index (χ0v) is 11.6. The van der Waals surface area contributed by atoms with E-state index in [1.807, 2.05) is 12.1 Å². The molecule has 1 aromatic carbocycles. The standard InChI is InChI=1S/C13H16BrNO3/c1-2-7-15(8-9-16)13(17)10-18-12-5-3-11(14)4-6-12/h2-6,16H,1,7-10H2. The number of benzene rings is 1. The van der Waals surface area contributed by atoms with Crippen LogP contribution in [0.1, 0.15) is 0 Å². The van der Waals surface area contributed by atoms with Crippen molar-refractivity contribution in [3.05, 3.63) is 41.4 Å². The van der Waals surface area contributed by atoms with Crippen molar-refractivity contribution in [1.82, 2.24) is 4.90 Å². The second kappa shape index (κ2) is 7.89. The predicted octanol–water partition coefficient (Wildman–Crippen LogP) is 1.83. The average molecular weight is 314 g/mol. The first-order valence-corrected chi connectivity index (χ1v) is 6.34. The number of ether oxygens (including phenoxy) is 1. The Morgan fingerprint density at radius 2 is 2.11 bits per heavy atom. The summed E-state index contributed by atoms with van der Waals surface area (Å²) in [4.78, 5) is 13.3. The monoisotopic (exact) mass is 313 g/mol. The van der Waals surface area contributed by atoms with Crippen LogP contribution >= 0.6 is 15.9 Å². The molecule has 0 aliphatic carbocycles. The van der Waals surface area contributed by atoms with Crippen LogP contribution in [0.25, 0.3) is 0 Å². The Labute approximate surface area is 115 Å². The van der Waals surface area contributed by atoms with E-state index in [1.165, 1.54) is 4.90 Å².